The van der Waals surface area contributed by atoms with E-state index in [2.05, 4.69) is 5.32 Å². The first kappa shape index (κ1) is 8.84. The molecular weight excluding hydrogens is 155 g/mol. The van der Waals surface area contributed by atoms with Crippen molar-refractivity contribution in [2.75, 3.05) is 13.1 Å². The molecule has 4 heteroatoms. The third-order valence-corrected chi connectivity index (χ3v) is 2.52. The van der Waals surface area contributed by atoms with Crippen molar-refractivity contribution >= 4 is 0 Å². The van der Waals surface area contributed by atoms with E-state index in [1.54, 1.807) is 6.92 Å². The van der Waals surface area contributed by atoms with Gasteiger partial charge in [-0.25, -0.2) is 0 Å². The molecule has 0 aromatic heterocycles. The van der Waals surface area contributed by atoms with Crippen molar-refractivity contribution in [1.82, 2.24) is 5.32 Å². The van der Waals surface area contributed by atoms with Crippen molar-refractivity contribution in [3.8, 4) is 0 Å². The molecule has 0 saturated carbocycles. The normalized spacial score (nSPS) is 32.7. The van der Waals surface area contributed by atoms with Crippen LogP contribution in [0.5, 0.6) is 0 Å². The van der Waals surface area contributed by atoms with E-state index < -0.39 is 11.6 Å². The molecule has 1 nitrogen and oxygen atoms in total. The molecule has 0 aliphatic carbocycles. The number of nitrogens with one attached hydrogen (secondary N) is 1. The summed E-state index contributed by atoms with van der Waals surface area (Å²) in [6.45, 7) is 2.18. The summed E-state index contributed by atoms with van der Waals surface area (Å²) in [5, 5.41) is 2.75. The first-order valence-corrected chi connectivity index (χ1v) is 3.79. The molecular formula is C7H12F3N. The molecule has 1 unspecified atom stereocenters. The average Bonchev–Trinajstić information content (AvgIpc) is 2.33. The summed E-state index contributed by atoms with van der Waals surface area (Å²) in [7, 11) is 0. The van der Waals surface area contributed by atoms with Gasteiger partial charge in [0.05, 0.1) is 5.41 Å². The third kappa shape index (κ3) is 1.36. The Morgan fingerprint density at radius 3 is 2.27 bits per heavy atom. The zero-order valence-electron chi connectivity index (χ0n) is 6.46. The van der Waals surface area contributed by atoms with Gasteiger partial charge in [-0.1, -0.05) is 6.92 Å². The molecule has 1 fully saturated rings. The Hall–Kier alpha value is -0.250. The van der Waals surface area contributed by atoms with E-state index >= 15 is 0 Å². The van der Waals surface area contributed by atoms with Crippen molar-refractivity contribution in [3.05, 3.63) is 0 Å². The van der Waals surface area contributed by atoms with E-state index in [1.165, 1.54) is 0 Å². The average molecular weight is 167 g/mol. The molecule has 0 radical (unpaired) electrons. The number of hydrogen-bond donors (Lipinski definition) is 1. The largest absolute Gasteiger partial charge is 0.395 e. The first-order chi connectivity index (χ1) is 5.02. The van der Waals surface area contributed by atoms with Gasteiger partial charge in [0.2, 0.25) is 0 Å². The van der Waals surface area contributed by atoms with Crippen LogP contribution in [0.3, 0.4) is 0 Å². The maximum atomic E-state index is 12.4. The van der Waals surface area contributed by atoms with Crippen molar-refractivity contribution < 1.29 is 13.2 Å². The van der Waals surface area contributed by atoms with E-state index in [-0.39, 0.29) is 19.4 Å². The lowest BCUT2D eigenvalue weighted by Gasteiger charge is -2.29. The summed E-state index contributed by atoms with van der Waals surface area (Å²) in [4.78, 5) is 0. The predicted octanol–water partition coefficient (Wildman–Crippen LogP) is 1.94. The second-order valence-electron chi connectivity index (χ2n) is 3.06. The van der Waals surface area contributed by atoms with Gasteiger partial charge in [-0.05, 0) is 19.4 Å². The summed E-state index contributed by atoms with van der Waals surface area (Å²) in [5.41, 5.74) is -1.44. The minimum atomic E-state index is -4.04. The highest BCUT2D eigenvalue weighted by molar-refractivity contribution is 4.92. The van der Waals surface area contributed by atoms with Crippen LogP contribution in [0.4, 0.5) is 13.2 Å². The van der Waals surface area contributed by atoms with Crippen LogP contribution in [0.1, 0.15) is 19.8 Å². The molecule has 11 heavy (non-hydrogen) atoms. The van der Waals surface area contributed by atoms with E-state index in [4.69, 9.17) is 0 Å². The highest BCUT2D eigenvalue weighted by Gasteiger charge is 2.54. The molecule has 0 bridgehead atoms. The van der Waals surface area contributed by atoms with Gasteiger partial charge in [-0.2, -0.15) is 13.2 Å². The summed E-state index contributed by atoms with van der Waals surface area (Å²) >= 11 is 0. The van der Waals surface area contributed by atoms with Gasteiger partial charge in [-0.15, -0.1) is 0 Å². The van der Waals surface area contributed by atoms with Gasteiger partial charge in [0, 0.05) is 6.54 Å². The summed E-state index contributed by atoms with van der Waals surface area (Å²) in [5.74, 6) is 0. The lowest BCUT2D eigenvalue weighted by atomic mass is 9.84. The molecule has 1 N–H and O–H groups in total. The zero-order chi connectivity index (χ0) is 8.54. The SMILES string of the molecule is CCC1(C(F)(F)F)CCNC1. The van der Waals surface area contributed by atoms with Gasteiger partial charge < -0.3 is 5.32 Å². The number of alkyl halides is 3. The zero-order valence-corrected chi connectivity index (χ0v) is 6.46. The van der Waals surface area contributed by atoms with Crippen molar-refractivity contribution in [1.29, 1.82) is 0 Å². The number of halogens is 3. The van der Waals surface area contributed by atoms with Gasteiger partial charge in [0.25, 0.3) is 0 Å². The van der Waals surface area contributed by atoms with Crippen molar-refractivity contribution in [3.63, 3.8) is 0 Å². The Labute approximate surface area is 64.0 Å². The summed E-state index contributed by atoms with van der Waals surface area (Å²) in [6, 6.07) is 0. The van der Waals surface area contributed by atoms with Gasteiger partial charge >= 0.3 is 6.18 Å². The monoisotopic (exact) mass is 167 g/mol. The Bertz CT molecular complexity index is 135. The smallest absolute Gasteiger partial charge is 0.316 e. The van der Waals surface area contributed by atoms with Gasteiger partial charge in [-0.3, -0.25) is 0 Å². The molecule has 0 spiro atoms. The van der Waals surface area contributed by atoms with Crippen molar-refractivity contribution in [2.24, 2.45) is 5.41 Å². The fourth-order valence-electron chi connectivity index (χ4n) is 1.49. The second kappa shape index (κ2) is 2.66. The van der Waals surface area contributed by atoms with Crippen LogP contribution >= 0.6 is 0 Å². The second-order valence-corrected chi connectivity index (χ2v) is 3.06. The van der Waals surface area contributed by atoms with E-state index in [0.29, 0.717) is 6.54 Å². The topological polar surface area (TPSA) is 12.0 Å². The molecule has 66 valence electrons. The minimum absolute atomic E-state index is 0.0903. The molecule has 0 aromatic carbocycles. The first-order valence-electron chi connectivity index (χ1n) is 3.79. The van der Waals surface area contributed by atoms with Gasteiger partial charge in [0.15, 0.2) is 0 Å². The van der Waals surface area contributed by atoms with Gasteiger partial charge in [0.1, 0.15) is 0 Å². The molecule has 0 aromatic rings. The molecule has 1 saturated heterocycles. The lowest BCUT2D eigenvalue weighted by molar-refractivity contribution is -0.218. The molecule has 1 rings (SSSR count). The summed E-state index contributed by atoms with van der Waals surface area (Å²) < 4.78 is 37.1. The van der Waals surface area contributed by atoms with Crippen molar-refractivity contribution in [2.45, 2.75) is 25.9 Å². The standard InChI is InChI=1S/C7H12F3N/c1-2-6(7(8,9)10)3-4-11-5-6/h11H,2-5H2,1H3. The fraction of sp³-hybridized carbons (Fsp3) is 1.00. The Morgan fingerprint density at radius 2 is 2.09 bits per heavy atom. The minimum Gasteiger partial charge on any atom is -0.316 e. The number of hydrogen-bond acceptors (Lipinski definition) is 1. The van der Waals surface area contributed by atoms with Crippen LogP contribution in [0.15, 0.2) is 0 Å². The summed E-state index contributed by atoms with van der Waals surface area (Å²) in [6.07, 6.45) is -3.62. The van der Waals surface area contributed by atoms with Crippen LogP contribution in [0, 0.1) is 5.41 Å². The Kier molecular flexibility index (Phi) is 2.14. The maximum absolute atomic E-state index is 12.4. The molecule has 1 heterocycles. The molecule has 0 amide bonds. The fourth-order valence-corrected chi connectivity index (χ4v) is 1.49. The van der Waals surface area contributed by atoms with E-state index in [9.17, 15) is 13.2 Å². The third-order valence-electron chi connectivity index (χ3n) is 2.52. The molecule has 1 aliphatic rings. The highest BCUT2D eigenvalue weighted by atomic mass is 19.4. The molecule has 1 aliphatic heterocycles. The Balaban J connectivity index is 2.75. The number of rotatable bonds is 1. The van der Waals surface area contributed by atoms with Crippen LogP contribution in [0.25, 0.3) is 0 Å². The van der Waals surface area contributed by atoms with Crippen LogP contribution in [-0.2, 0) is 0 Å². The van der Waals surface area contributed by atoms with Crippen LogP contribution in [0.2, 0.25) is 0 Å². The van der Waals surface area contributed by atoms with E-state index in [1.807, 2.05) is 0 Å². The molecule has 1 atom stereocenters. The van der Waals surface area contributed by atoms with E-state index in [0.717, 1.165) is 0 Å². The van der Waals surface area contributed by atoms with Crippen LogP contribution < -0.4 is 5.32 Å². The quantitative estimate of drug-likeness (QED) is 0.629. The Morgan fingerprint density at radius 1 is 1.45 bits per heavy atom. The lowest BCUT2D eigenvalue weighted by Crippen LogP contribution is -2.39. The highest BCUT2D eigenvalue weighted by Crippen LogP contribution is 2.45. The predicted molar refractivity (Wildman–Crippen MR) is 36.3 cm³/mol. The van der Waals surface area contributed by atoms with Crippen LogP contribution in [-0.4, -0.2) is 19.3 Å². The maximum Gasteiger partial charge on any atom is 0.395 e.